The molecule has 0 unspecified atom stereocenters. The molecule has 0 radical (unpaired) electrons. The number of hydrogen-bond acceptors (Lipinski definition) is 4. The van der Waals surface area contributed by atoms with Crippen LogP contribution in [0.25, 0.3) is 4.85 Å². The van der Waals surface area contributed by atoms with Crippen molar-refractivity contribution in [2.24, 2.45) is 0 Å². The van der Waals surface area contributed by atoms with Gasteiger partial charge in [-0.3, -0.25) is 0 Å². The highest BCUT2D eigenvalue weighted by Crippen LogP contribution is 2.38. The lowest BCUT2D eigenvalue weighted by molar-refractivity contribution is -0.145. The topological polar surface area (TPSA) is 49.1 Å². The highest BCUT2D eigenvalue weighted by atomic mass is 79.9. The van der Waals surface area contributed by atoms with Gasteiger partial charge in [0, 0.05) is 5.02 Å². The average Bonchev–Trinajstić information content (AvgIpc) is 2.57. The van der Waals surface area contributed by atoms with E-state index in [1.165, 1.54) is 30.3 Å². The Morgan fingerprint density at radius 1 is 1.36 bits per heavy atom. The van der Waals surface area contributed by atoms with E-state index >= 15 is 0 Å². The molecule has 25 heavy (non-hydrogen) atoms. The minimum absolute atomic E-state index is 0.153. The Morgan fingerprint density at radius 3 is 2.80 bits per heavy atom. The Morgan fingerprint density at radius 2 is 2.12 bits per heavy atom. The monoisotopic (exact) mass is 427 g/mol. The molecule has 2 aromatic rings. The zero-order chi connectivity index (χ0) is 18.4. The molecule has 130 valence electrons. The molecular weight excluding hydrogens is 417 g/mol. The van der Waals surface area contributed by atoms with Crippen LogP contribution in [-0.4, -0.2) is 19.2 Å². The van der Waals surface area contributed by atoms with E-state index in [4.69, 9.17) is 32.4 Å². The van der Waals surface area contributed by atoms with Crippen LogP contribution >= 0.6 is 27.5 Å². The lowest BCUT2D eigenvalue weighted by Gasteiger charge is -2.13. The molecule has 0 bridgehead atoms. The van der Waals surface area contributed by atoms with Crippen molar-refractivity contribution in [3.63, 3.8) is 0 Å². The minimum atomic E-state index is -0.803. The van der Waals surface area contributed by atoms with Crippen molar-refractivity contribution < 1.29 is 23.4 Å². The van der Waals surface area contributed by atoms with Crippen molar-refractivity contribution in [1.29, 1.82) is 0 Å². The fourth-order valence-corrected chi connectivity index (χ4v) is 2.45. The van der Waals surface area contributed by atoms with Gasteiger partial charge in [-0.15, -0.1) is 0 Å². The SMILES string of the molecule is [C-]#[N+]c1cc(Cl)cc(Oc2c(Br)ccc(OCC(=O)OCC)c2F)c1. The van der Waals surface area contributed by atoms with E-state index in [1.54, 1.807) is 6.92 Å². The van der Waals surface area contributed by atoms with Crippen LogP contribution in [0.4, 0.5) is 10.1 Å². The number of halogens is 3. The van der Waals surface area contributed by atoms with Gasteiger partial charge in [-0.1, -0.05) is 11.6 Å². The van der Waals surface area contributed by atoms with Gasteiger partial charge in [0.05, 0.1) is 17.7 Å². The summed E-state index contributed by atoms with van der Waals surface area (Å²) < 4.78 is 30.3. The van der Waals surface area contributed by atoms with Crippen LogP contribution < -0.4 is 9.47 Å². The molecule has 0 amide bonds. The smallest absolute Gasteiger partial charge is 0.344 e. The van der Waals surface area contributed by atoms with Crippen LogP contribution in [0.2, 0.25) is 5.02 Å². The summed E-state index contributed by atoms with van der Waals surface area (Å²) in [5.41, 5.74) is 0.258. The summed E-state index contributed by atoms with van der Waals surface area (Å²) in [7, 11) is 0. The first-order valence-corrected chi connectivity index (χ1v) is 8.24. The third-order valence-electron chi connectivity index (χ3n) is 2.87. The summed E-state index contributed by atoms with van der Waals surface area (Å²) in [4.78, 5) is 14.6. The molecule has 0 heterocycles. The molecule has 0 saturated carbocycles. The first-order chi connectivity index (χ1) is 11.9. The first kappa shape index (κ1) is 19.0. The van der Waals surface area contributed by atoms with E-state index in [0.717, 1.165) is 0 Å². The maximum atomic E-state index is 14.6. The van der Waals surface area contributed by atoms with Crippen LogP contribution in [0.15, 0.2) is 34.8 Å². The summed E-state index contributed by atoms with van der Waals surface area (Å²) in [6.07, 6.45) is 0. The fraction of sp³-hybridized carbons (Fsp3) is 0.176. The highest BCUT2D eigenvalue weighted by molar-refractivity contribution is 9.10. The van der Waals surface area contributed by atoms with E-state index in [-0.39, 0.29) is 34.6 Å². The van der Waals surface area contributed by atoms with Crippen molar-refractivity contribution in [3.8, 4) is 17.2 Å². The highest BCUT2D eigenvalue weighted by Gasteiger charge is 2.17. The second-order valence-electron chi connectivity index (χ2n) is 4.64. The zero-order valence-electron chi connectivity index (χ0n) is 13.0. The van der Waals surface area contributed by atoms with Gasteiger partial charge in [-0.2, -0.15) is 4.39 Å². The summed E-state index contributed by atoms with van der Waals surface area (Å²) in [6.45, 7) is 8.47. The van der Waals surface area contributed by atoms with Crippen LogP contribution in [0.5, 0.6) is 17.2 Å². The number of hydrogen-bond donors (Lipinski definition) is 0. The largest absolute Gasteiger partial charge is 0.479 e. The lowest BCUT2D eigenvalue weighted by Crippen LogP contribution is -2.15. The Labute approximate surface area is 157 Å². The third kappa shape index (κ3) is 5.08. The Kier molecular flexibility index (Phi) is 6.62. The molecule has 0 N–H and O–H groups in total. The molecule has 0 aliphatic rings. The van der Waals surface area contributed by atoms with E-state index in [9.17, 15) is 9.18 Å². The van der Waals surface area contributed by atoms with Gasteiger partial charge < -0.3 is 14.2 Å². The van der Waals surface area contributed by atoms with E-state index < -0.39 is 18.4 Å². The Balaban J connectivity index is 2.26. The fourth-order valence-electron chi connectivity index (χ4n) is 1.85. The van der Waals surface area contributed by atoms with Gasteiger partial charge in [0.1, 0.15) is 5.75 Å². The van der Waals surface area contributed by atoms with E-state index in [0.29, 0.717) is 4.47 Å². The van der Waals surface area contributed by atoms with Crippen molar-refractivity contribution in [2.45, 2.75) is 6.92 Å². The Bertz CT molecular complexity index is 838. The molecule has 0 aliphatic carbocycles. The minimum Gasteiger partial charge on any atom is -0.479 e. The maximum Gasteiger partial charge on any atom is 0.344 e. The number of benzene rings is 2. The third-order valence-corrected chi connectivity index (χ3v) is 3.71. The molecular formula is C17H12BrClFNO4. The summed E-state index contributed by atoms with van der Waals surface area (Å²) in [5.74, 6) is -1.54. The molecule has 0 aromatic heterocycles. The molecule has 2 rings (SSSR count). The predicted octanol–water partition coefficient (Wildman–Crippen LogP) is 5.53. The zero-order valence-corrected chi connectivity index (χ0v) is 15.4. The first-order valence-electron chi connectivity index (χ1n) is 7.07. The van der Waals surface area contributed by atoms with Crippen LogP contribution in [0.1, 0.15) is 6.92 Å². The second kappa shape index (κ2) is 8.70. The average molecular weight is 429 g/mol. The van der Waals surface area contributed by atoms with Gasteiger partial charge in [-0.05, 0) is 53.2 Å². The number of carbonyl (C=O) groups excluding carboxylic acids is 1. The molecule has 0 aliphatic heterocycles. The molecule has 0 fully saturated rings. The molecule has 0 spiro atoms. The maximum absolute atomic E-state index is 14.6. The number of nitrogens with zero attached hydrogens (tertiary/aromatic N) is 1. The van der Waals surface area contributed by atoms with Crippen LogP contribution in [0.3, 0.4) is 0 Å². The summed E-state index contributed by atoms with van der Waals surface area (Å²) >= 11 is 9.11. The lowest BCUT2D eigenvalue weighted by atomic mass is 10.3. The molecule has 2 aromatic carbocycles. The van der Waals surface area contributed by atoms with E-state index in [1.807, 2.05) is 0 Å². The molecule has 8 heteroatoms. The standard InChI is InChI=1S/C17H12BrClFNO4/c1-3-23-15(22)9-24-14-5-4-13(18)17(16(14)20)25-12-7-10(19)6-11(8-12)21-2/h4-8H,3,9H2,1H3. The van der Waals surface area contributed by atoms with Gasteiger partial charge in [-0.25, -0.2) is 9.64 Å². The van der Waals surface area contributed by atoms with E-state index in [2.05, 4.69) is 20.8 Å². The predicted molar refractivity (Wildman–Crippen MR) is 94.0 cm³/mol. The van der Waals surface area contributed by atoms with Gasteiger partial charge in [0.2, 0.25) is 5.82 Å². The summed E-state index contributed by atoms with van der Waals surface area (Å²) in [5, 5.41) is 0.287. The number of ether oxygens (including phenoxy) is 3. The van der Waals surface area contributed by atoms with Gasteiger partial charge >= 0.3 is 5.97 Å². The van der Waals surface area contributed by atoms with Gasteiger partial charge in [0.25, 0.3) is 0 Å². The number of carbonyl (C=O) groups is 1. The molecule has 5 nitrogen and oxygen atoms in total. The normalized spacial score (nSPS) is 10.0. The van der Waals surface area contributed by atoms with Gasteiger partial charge in [0.15, 0.2) is 23.8 Å². The van der Waals surface area contributed by atoms with Crippen molar-refractivity contribution in [1.82, 2.24) is 0 Å². The van der Waals surface area contributed by atoms with Crippen molar-refractivity contribution in [2.75, 3.05) is 13.2 Å². The molecule has 0 saturated heterocycles. The number of rotatable bonds is 6. The summed E-state index contributed by atoms with van der Waals surface area (Å²) in [6, 6.07) is 7.21. The van der Waals surface area contributed by atoms with Crippen molar-refractivity contribution in [3.05, 3.63) is 57.1 Å². The van der Waals surface area contributed by atoms with Crippen molar-refractivity contribution >= 4 is 39.2 Å². The molecule has 0 atom stereocenters. The van der Waals surface area contributed by atoms with Crippen LogP contribution in [0, 0.1) is 12.4 Å². The second-order valence-corrected chi connectivity index (χ2v) is 5.93. The van der Waals surface area contributed by atoms with Crippen LogP contribution in [-0.2, 0) is 9.53 Å². The quantitative estimate of drug-likeness (QED) is 0.448. The number of esters is 1. The Hall–Kier alpha value is -2.30.